The minimum absolute atomic E-state index is 0.0583. The quantitative estimate of drug-likeness (QED) is 0.518. The van der Waals surface area contributed by atoms with E-state index < -0.39 is 21.0 Å². The van der Waals surface area contributed by atoms with Crippen molar-refractivity contribution in [1.82, 2.24) is 4.72 Å². The van der Waals surface area contributed by atoms with E-state index in [1.54, 1.807) is 0 Å². The van der Waals surface area contributed by atoms with Crippen LogP contribution >= 0.6 is 0 Å². The molecule has 138 valence electrons. The summed E-state index contributed by atoms with van der Waals surface area (Å²) in [7, 11) is -0.941. The molecule has 0 heterocycles. The molecule has 0 aromatic heterocycles. The largest absolute Gasteiger partial charge is 0.494 e. The summed E-state index contributed by atoms with van der Waals surface area (Å²) in [5, 5.41) is 15.8. The first-order valence-electron chi connectivity index (χ1n) is 7.21. The summed E-state index contributed by atoms with van der Waals surface area (Å²) in [4.78, 5) is 22.3. The molecule has 0 spiro atoms. The molecule has 0 saturated heterocycles. The Bertz CT molecular complexity index is 928. The van der Waals surface area contributed by atoms with Gasteiger partial charge in [0, 0.05) is 11.8 Å². The van der Waals surface area contributed by atoms with Crippen LogP contribution in [0.25, 0.3) is 0 Å². The summed E-state index contributed by atoms with van der Waals surface area (Å²) >= 11 is 0. The SMILES string of the molecule is CNS(=O)(=O)c1ccc(NC(=O)Nc2ccc([N+](=O)[O-])cc2OC)cc1. The Hall–Kier alpha value is -3.18. The summed E-state index contributed by atoms with van der Waals surface area (Å²) in [6, 6.07) is 8.68. The van der Waals surface area contributed by atoms with Crippen LogP contribution in [0.5, 0.6) is 5.75 Å². The fourth-order valence-corrected chi connectivity index (χ4v) is 2.75. The Balaban J connectivity index is 2.10. The summed E-state index contributed by atoms with van der Waals surface area (Å²) < 4.78 is 30.5. The van der Waals surface area contributed by atoms with Gasteiger partial charge in [0.1, 0.15) is 5.75 Å². The number of nitro groups is 1. The number of non-ortho nitro benzene ring substituents is 1. The molecule has 2 aromatic rings. The molecule has 0 aliphatic carbocycles. The maximum absolute atomic E-state index is 12.1. The van der Waals surface area contributed by atoms with Crippen molar-refractivity contribution in [3.05, 3.63) is 52.6 Å². The number of sulfonamides is 1. The number of amides is 2. The Morgan fingerprint density at radius 2 is 1.77 bits per heavy atom. The maximum Gasteiger partial charge on any atom is 0.323 e. The number of carbonyl (C=O) groups excluding carboxylic acids is 1. The molecule has 0 fully saturated rings. The van der Waals surface area contributed by atoms with E-state index in [4.69, 9.17) is 4.74 Å². The molecule has 0 aliphatic rings. The highest BCUT2D eigenvalue weighted by Gasteiger charge is 2.14. The highest BCUT2D eigenvalue weighted by atomic mass is 32.2. The van der Waals surface area contributed by atoms with E-state index in [0.717, 1.165) is 0 Å². The first-order valence-corrected chi connectivity index (χ1v) is 8.69. The van der Waals surface area contributed by atoms with Gasteiger partial charge in [-0.25, -0.2) is 17.9 Å². The van der Waals surface area contributed by atoms with Gasteiger partial charge >= 0.3 is 6.03 Å². The third-order valence-electron chi connectivity index (χ3n) is 3.34. The molecule has 3 N–H and O–H groups in total. The van der Waals surface area contributed by atoms with E-state index in [1.165, 1.54) is 56.6 Å². The third-order valence-corrected chi connectivity index (χ3v) is 4.77. The molecular formula is C15H16N4O6S. The molecule has 0 saturated carbocycles. The van der Waals surface area contributed by atoms with Gasteiger partial charge < -0.3 is 15.4 Å². The van der Waals surface area contributed by atoms with Gasteiger partial charge in [0.2, 0.25) is 10.0 Å². The van der Waals surface area contributed by atoms with Crippen LogP contribution in [0, 0.1) is 10.1 Å². The number of rotatable bonds is 6. The lowest BCUT2D eigenvalue weighted by atomic mass is 10.2. The van der Waals surface area contributed by atoms with E-state index in [0.29, 0.717) is 5.69 Å². The number of methoxy groups -OCH3 is 1. The first kappa shape index (κ1) is 19.1. The number of nitro benzene ring substituents is 1. The molecule has 0 aliphatic heterocycles. The van der Waals surface area contributed by atoms with Gasteiger partial charge in [0.15, 0.2) is 0 Å². The third kappa shape index (κ3) is 4.46. The average Bonchev–Trinajstić information content (AvgIpc) is 2.62. The smallest absolute Gasteiger partial charge is 0.323 e. The van der Waals surface area contributed by atoms with Gasteiger partial charge in [-0.15, -0.1) is 0 Å². The number of hydrogen-bond acceptors (Lipinski definition) is 6. The van der Waals surface area contributed by atoms with Gasteiger partial charge in [-0.1, -0.05) is 0 Å². The predicted octanol–water partition coefficient (Wildman–Crippen LogP) is 2.16. The van der Waals surface area contributed by atoms with Crippen LogP contribution in [-0.2, 0) is 10.0 Å². The number of nitrogens with one attached hydrogen (secondary N) is 3. The number of carbonyl (C=O) groups is 1. The van der Waals surface area contributed by atoms with Crippen LogP contribution in [0.1, 0.15) is 0 Å². The van der Waals surface area contributed by atoms with Crippen molar-refractivity contribution in [3.63, 3.8) is 0 Å². The number of nitrogens with zero attached hydrogens (tertiary/aromatic N) is 1. The number of ether oxygens (including phenoxy) is 1. The Morgan fingerprint density at radius 1 is 1.12 bits per heavy atom. The molecule has 11 heteroatoms. The molecule has 2 aromatic carbocycles. The summed E-state index contributed by atoms with van der Waals surface area (Å²) in [6.45, 7) is 0. The van der Waals surface area contributed by atoms with Crippen LogP contribution in [0.3, 0.4) is 0 Å². The second-order valence-corrected chi connectivity index (χ2v) is 6.84. The lowest BCUT2D eigenvalue weighted by Crippen LogP contribution is -2.20. The highest BCUT2D eigenvalue weighted by molar-refractivity contribution is 7.89. The van der Waals surface area contributed by atoms with Gasteiger partial charge in [0.05, 0.1) is 28.7 Å². The predicted molar refractivity (Wildman–Crippen MR) is 95.0 cm³/mol. The number of urea groups is 1. The van der Waals surface area contributed by atoms with Crippen molar-refractivity contribution < 1.29 is 22.9 Å². The lowest BCUT2D eigenvalue weighted by molar-refractivity contribution is -0.384. The molecule has 2 amide bonds. The Kier molecular flexibility index (Phi) is 5.75. The molecule has 26 heavy (non-hydrogen) atoms. The van der Waals surface area contributed by atoms with E-state index in [1.807, 2.05) is 0 Å². The van der Waals surface area contributed by atoms with Gasteiger partial charge in [-0.3, -0.25) is 10.1 Å². The van der Waals surface area contributed by atoms with Gasteiger partial charge in [-0.2, -0.15) is 0 Å². The normalized spacial score (nSPS) is 10.8. The Morgan fingerprint density at radius 3 is 2.31 bits per heavy atom. The Labute approximate surface area is 149 Å². The maximum atomic E-state index is 12.1. The van der Waals surface area contributed by atoms with Crippen LogP contribution in [0.15, 0.2) is 47.4 Å². The second-order valence-electron chi connectivity index (χ2n) is 4.95. The molecule has 2 rings (SSSR count). The first-order chi connectivity index (χ1) is 12.3. The zero-order valence-electron chi connectivity index (χ0n) is 13.8. The fraction of sp³-hybridized carbons (Fsp3) is 0.133. The van der Waals surface area contributed by atoms with Crippen LogP contribution in [0.2, 0.25) is 0 Å². The molecular weight excluding hydrogens is 364 g/mol. The van der Waals surface area contributed by atoms with Crippen molar-refractivity contribution in [1.29, 1.82) is 0 Å². The second kappa shape index (κ2) is 7.80. The number of anilines is 2. The van der Waals surface area contributed by atoms with E-state index >= 15 is 0 Å². The molecule has 0 unspecified atom stereocenters. The van der Waals surface area contributed by atoms with Crippen molar-refractivity contribution in [2.75, 3.05) is 24.8 Å². The van der Waals surface area contributed by atoms with E-state index in [-0.39, 0.29) is 22.0 Å². The van der Waals surface area contributed by atoms with Gasteiger partial charge in [-0.05, 0) is 37.4 Å². The average molecular weight is 380 g/mol. The van der Waals surface area contributed by atoms with Crippen molar-refractivity contribution >= 4 is 33.1 Å². The standard InChI is InChI=1S/C15H16N4O6S/c1-16-26(23,24)12-6-3-10(4-7-12)17-15(20)18-13-8-5-11(19(21)22)9-14(13)25-2/h3-9,16H,1-2H3,(H2,17,18,20). The summed E-state index contributed by atoms with van der Waals surface area (Å²) in [5.41, 5.74) is 0.428. The molecule has 10 nitrogen and oxygen atoms in total. The number of benzene rings is 2. The lowest BCUT2D eigenvalue weighted by Gasteiger charge is -2.11. The van der Waals surface area contributed by atoms with Gasteiger partial charge in [0.25, 0.3) is 5.69 Å². The van der Waals surface area contributed by atoms with Crippen LogP contribution < -0.4 is 20.1 Å². The van der Waals surface area contributed by atoms with Crippen molar-refractivity contribution in [2.24, 2.45) is 0 Å². The van der Waals surface area contributed by atoms with Crippen molar-refractivity contribution in [2.45, 2.75) is 4.90 Å². The number of hydrogen-bond donors (Lipinski definition) is 3. The minimum atomic E-state index is -3.56. The monoisotopic (exact) mass is 380 g/mol. The summed E-state index contributed by atoms with van der Waals surface area (Å²) in [6.07, 6.45) is 0. The summed E-state index contributed by atoms with van der Waals surface area (Å²) in [5.74, 6) is 0.129. The van der Waals surface area contributed by atoms with E-state index in [2.05, 4.69) is 15.4 Å². The van der Waals surface area contributed by atoms with E-state index in [9.17, 15) is 23.3 Å². The fourth-order valence-electron chi connectivity index (χ4n) is 2.02. The topological polar surface area (TPSA) is 140 Å². The van der Waals surface area contributed by atoms with Crippen molar-refractivity contribution in [3.8, 4) is 5.75 Å². The zero-order valence-corrected chi connectivity index (χ0v) is 14.7. The molecule has 0 atom stereocenters. The van der Waals surface area contributed by atoms with Crippen LogP contribution in [-0.4, -0.2) is 33.5 Å². The molecule has 0 radical (unpaired) electrons. The minimum Gasteiger partial charge on any atom is -0.494 e. The highest BCUT2D eigenvalue weighted by Crippen LogP contribution is 2.29. The van der Waals surface area contributed by atoms with Crippen LogP contribution in [0.4, 0.5) is 21.9 Å². The zero-order chi connectivity index (χ0) is 19.3. The molecule has 0 bridgehead atoms.